The summed E-state index contributed by atoms with van der Waals surface area (Å²) < 4.78 is 39.0. The fraction of sp³-hybridized carbons (Fsp3) is 0.163. The maximum Gasteiger partial charge on any atom is 0.335 e. The van der Waals surface area contributed by atoms with E-state index in [-0.39, 0.29) is 39.6 Å². The molecule has 0 aliphatic heterocycles. The van der Waals surface area contributed by atoms with E-state index in [4.69, 9.17) is 33.2 Å². The number of carbonyl (C=O) groups excluding carboxylic acids is 4. The molecule has 4 aromatic rings. The number of esters is 4. The van der Waals surface area contributed by atoms with Gasteiger partial charge in [0.2, 0.25) is 0 Å². The summed E-state index contributed by atoms with van der Waals surface area (Å²) >= 11 is 0. The fourth-order valence-corrected chi connectivity index (χ4v) is 6.13. The summed E-state index contributed by atoms with van der Waals surface area (Å²) in [6.07, 6.45) is 4.34. The Morgan fingerprint density at radius 3 is 1.44 bits per heavy atom. The first-order valence-electron chi connectivity index (χ1n) is 16.8. The minimum absolute atomic E-state index is 0.0155. The predicted molar refractivity (Wildman–Crippen MR) is 200 cm³/mol. The molecular formula is C43H38O11. The summed E-state index contributed by atoms with van der Waals surface area (Å²) in [5.41, 5.74) is 3.83. The molecule has 0 saturated heterocycles. The molecule has 0 spiro atoms. The molecule has 0 fully saturated rings. The van der Waals surface area contributed by atoms with Gasteiger partial charge in [-0.15, -0.1) is 0 Å². The lowest BCUT2D eigenvalue weighted by Gasteiger charge is -2.35. The van der Waals surface area contributed by atoms with Crippen LogP contribution in [0.3, 0.4) is 0 Å². The maximum atomic E-state index is 12.4. The second-order valence-corrected chi connectivity index (χ2v) is 11.5. The second kappa shape index (κ2) is 18.1. The van der Waals surface area contributed by atoms with Crippen LogP contribution in [-0.4, -0.2) is 63.5 Å². The quantitative estimate of drug-likeness (QED) is 0.0305. The van der Waals surface area contributed by atoms with Crippen LogP contribution >= 0.6 is 0 Å². The van der Waals surface area contributed by atoms with Crippen LogP contribution in [0.25, 0.3) is 11.1 Å². The van der Waals surface area contributed by atoms with Gasteiger partial charge in [-0.3, -0.25) is 0 Å². The van der Waals surface area contributed by atoms with Gasteiger partial charge in [-0.1, -0.05) is 68.8 Å². The highest BCUT2D eigenvalue weighted by Gasteiger charge is 2.48. The number of ether oxygens (including phenoxy) is 7. The standard InChI is InChI=1S/C43H38O11/c1-5-38(44)51-25-22-48-31-16-12-29(13-17-31)43(30-14-18-32(19-15-30)49-23-26-52-39(45)6-2)36-28-33(54-41(47)8-4)20-21-34(36)35-10-9-11-37(42(35)43)50-24-27-53-40(46)7-3/h5-21,28H,1-4,22-27H2. The molecular weight excluding hydrogens is 692 g/mol. The van der Waals surface area contributed by atoms with Gasteiger partial charge in [0.15, 0.2) is 0 Å². The fourth-order valence-electron chi connectivity index (χ4n) is 6.13. The van der Waals surface area contributed by atoms with E-state index in [1.807, 2.05) is 78.9 Å². The lowest BCUT2D eigenvalue weighted by atomic mass is 9.67. The summed E-state index contributed by atoms with van der Waals surface area (Å²) in [5.74, 6) is -0.379. The van der Waals surface area contributed by atoms with Crippen molar-refractivity contribution in [3.63, 3.8) is 0 Å². The van der Waals surface area contributed by atoms with Crippen molar-refractivity contribution in [2.45, 2.75) is 5.41 Å². The number of rotatable bonds is 19. The van der Waals surface area contributed by atoms with Crippen LogP contribution in [0, 0.1) is 0 Å². The normalized spacial score (nSPS) is 11.8. The van der Waals surface area contributed by atoms with Crippen molar-refractivity contribution in [3.8, 4) is 34.1 Å². The summed E-state index contributed by atoms with van der Waals surface area (Å²) in [4.78, 5) is 47.1. The molecule has 11 nitrogen and oxygen atoms in total. The number of hydrogen-bond donors (Lipinski definition) is 0. The van der Waals surface area contributed by atoms with E-state index in [2.05, 4.69) is 26.3 Å². The summed E-state index contributed by atoms with van der Waals surface area (Å²) in [6, 6.07) is 26.1. The van der Waals surface area contributed by atoms with Crippen LogP contribution in [0.5, 0.6) is 23.0 Å². The first kappa shape index (κ1) is 38.4. The van der Waals surface area contributed by atoms with Crippen molar-refractivity contribution in [1.29, 1.82) is 0 Å². The van der Waals surface area contributed by atoms with Crippen LogP contribution in [0.4, 0.5) is 0 Å². The zero-order chi connectivity index (χ0) is 38.5. The third-order valence-electron chi connectivity index (χ3n) is 8.32. The molecule has 1 aliphatic rings. The SMILES string of the molecule is C=CC(=O)OCCOc1ccc(C2(c3ccc(OCCOC(=O)C=C)cc3)c3cc(OC(=O)C=C)ccc3-c3cccc(OCCOC(=O)C=C)c32)cc1. The lowest BCUT2D eigenvalue weighted by Crippen LogP contribution is -2.29. The van der Waals surface area contributed by atoms with Gasteiger partial charge in [0, 0.05) is 29.9 Å². The van der Waals surface area contributed by atoms with E-state index < -0.39 is 29.3 Å². The van der Waals surface area contributed by atoms with Crippen molar-refractivity contribution in [3.05, 3.63) is 158 Å². The Labute approximate surface area is 312 Å². The number of benzene rings is 4. The average Bonchev–Trinajstić information content (AvgIpc) is 3.50. The van der Waals surface area contributed by atoms with Gasteiger partial charge < -0.3 is 33.2 Å². The predicted octanol–water partition coefficient (Wildman–Crippen LogP) is 6.47. The first-order chi connectivity index (χ1) is 26.2. The highest BCUT2D eigenvalue weighted by atomic mass is 16.6. The van der Waals surface area contributed by atoms with Gasteiger partial charge in [-0.25, -0.2) is 19.2 Å². The molecule has 0 unspecified atom stereocenters. The maximum absolute atomic E-state index is 12.4. The molecule has 1 aliphatic carbocycles. The van der Waals surface area contributed by atoms with E-state index >= 15 is 0 Å². The van der Waals surface area contributed by atoms with Gasteiger partial charge in [0.1, 0.15) is 62.6 Å². The van der Waals surface area contributed by atoms with Gasteiger partial charge in [-0.05, 0) is 70.3 Å². The highest BCUT2D eigenvalue weighted by molar-refractivity contribution is 5.90. The Hall–Kier alpha value is -6.88. The highest BCUT2D eigenvalue weighted by Crippen LogP contribution is 2.59. The van der Waals surface area contributed by atoms with Gasteiger partial charge in [-0.2, -0.15) is 0 Å². The van der Waals surface area contributed by atoms with Crippen LogP contribution in [-0.2, 0) is 38.8 Å². The molecule has 54 heavy (non-hydrogen) atoms. The molecule has 0 atom stereocenters. The largest absolute Gasteiger partial charge is 0.490 e. The zero-order valence-corrected chi connectivity index (χ0v) is 29.5. The van der Waals surface area contributed by atoms with Crippen molar-refractivity contribution in [1.82, 2.24) is 0 Å². The van der Waals surface area contributed by atoms with Gasteiger partial charge in [0.25, 0.3) is 0 Å². The Morgan fingerprint density at radius 2 is 0.963 bits per heavy atom. The number of hydrogen-bond acceptors (Lipinski definition) is 11. The summed E-state index contributed by atoms with van der Waals surface area (Å²) in [6.45, 7) is 14.1. The molecule has 0 bridgehead atoms. The number of carbonyl (C=O) groups is 4. The van der Waals surface area contributed by atoms with E-state index in [0.717, 1.165) is 57.7 Å². The first-order valence-corrected chi connectivity index (χ1v) is 16.8. The summed E-state index contributed by atoms with van der Waals surface area (Å²) in [5, 5.41) is 0. The van der Waals surface area contributed by atoms with Crippen molar-refractivity contribution < 1.29 is 52.3 Å². The molecule has 4 aromatic carbocycles. The minimum Gasteiger partial charge on any atom is -0.490 e. The molecule has 0 aromatic heterocycles. The third-order valence-corrected chi connectivity index (χ3v) is 8.32. The molecule has 0 saturated carbocycles. The van der Waals surface area contributed by atoms with Crippen LogP contribution in [0.1, 0.15) is 22.3 Å². The topological polar surface area (TPSA) is 133 Å². The van der Waals surface area contributed by atoms with Crippen LogP contribution in [0.2, 0.25) is 0 Å². The van der Waals surface area contributed by atoms with Crippen molar-refractivity contribution in [2.75, 3.05) is 39.6 Å². The Balaban J connectivity index is 1.64. The lowest BCUT2D eigenvalue weighted by molar-refractivity contribution is -0.139. The molecule has 0 radical (unpaired) electrons. The number of fused-ring (bicyclic) bond motifs is 3. The van der Waals surface area contributed by atoms with E-state index in [1.165, 1.54) is 0 Å². The van der Waals surface area contributed by atoms with Crippen LogP contribution < -0.4 is 18.9 Å². The van der Waals surface area contributed by atoms with Crippen LogP contribution in [0.15, 0.2) is 136 Å². The molecule has 0 amide bonds. The Bertz CT molecular complexity index is 1970. The van der Waals surface area contributed by atoms with E-state index in [1.54, 1.807) is 6.07 Å². The molecule has 276 valence electrons. The Morgan fingerprint density at radius 1 is 0.500 bits per heavy atom. The monoisotopic (exact) mass is 730 g/mol. The van der Waals surface area contributed by atoms with Gasteiger partial charge >= 0.3 is 23.9 Å². The smallest absolute Gasteiger partial charge is 0.335 e. The molecule has 11 heteroatoms. The van der Waals surface area contributed by atoms with E-state index in [0.29, 0.717) is 23.0 Å². The zero-order valence-electron chi connectivity index (χ0n) is 29.5. The van der Waals surface area contributed by atoms with Crippen molar-refractivity contribution >= 4 is 23.9 Å². The Kier molecular flexibility index (Phi) is 12.8. The third kappa shape index (κ3) is 8.59. The summed E-state index contributed by atoms with van der Waals surface area (Å²) in [7, 11) is 0. The molecule has 0 N–H and O–H groups in total. The van der Waals surface area contributed by atoms with Gasteiger partial charge in [0.05, 0.1) is 5.41 Å². The second-order valence-electron chi connectivity index (χ2n) is 11.5. The minimum atomic E-state index is -1.08. The van der Waals surface area contributed by atoms with Crippen molar-refractivity contribution in [2.24, 2.45) is 0 Å². The average molecular weight is 731 g/mol. The van der Waals surface area contributed by atoms with E-state index in [9.17, 15) is 19.2 Å². The molecule has 0 heterocycles. The molecule has 5 rings (SSSR count).